The number of aryl methyl sites for hydroxylation is 1. The molecule has 9 heteroatoms. The van der Waals surface area contributed by atoms with E-state index in [0.29, 0.717) is 11.2 Å². The van der Waals surface area contributed by atoms with Crippen molar-refractivity contribution in [2.45, 2.75) is 44.7 Å². The van der Waals surface area contributed by atoms with Gasteiger partial charge in [-0.25, -0.2) is 14.6 Å². The average molecular weight is 433 g/mol. The fourth-order valence-corrected chi connectivity index (χ4v) is 3.83. The summed E-state index contributed by atoms with van der Waals surface area (Å²) in [5.74, 6) is 5.82. The van der Waals surface area contributed by atoms with Crippen molar-refractivity contribution in [1.29, 1.82) is 0 Å². The van der Waals surface area contributed by atoms with E-state index in [-0.39, 0.29) is 35.8 Å². The summed E-state index contributed by atoms with van der Waals surface area (Å²) in [6.07, 6.45) is 2.96. The van der Waals surface area contributed by atoms with Crippen LogP contribution in [0.2, 0.25) is 0 Å². The lowest BCUT2D eigenvalue weighted by Gasteiger charge is -2.18. The molecule has 9 nitrogen and oxygen atoms in total. The number of carbonyl (C=O) groups excluding carboxylic acids is 1. The van der Waals surface area contributed by atoms with Crippen LogP contribution in [0.1, 0.15) is 49.2 Å². The quantitative estimate of drug-likeness (QED) is 0.637. The highest BCUT2D eigenvalue weighted by Gasteiger charge is 2.34. The van der Waals surface area contributed by atoms with Crippen molar-refractivity contribution in [2.24, 2.45) is 0 Å². The van der Waals surface area contributed by atoms with Crippen molar-refractivity contribution in [1.82, 2.24) is 19.1 Å². The number of para-hydroxylation sites is 1. The molecule has 2 fully saturated rings. The van der Waals surface area contributed by atoms with Crippen LogP contribution in [0.25, 0.3) is 11.2 Å². The van der Waals surface area contributed by atoms with Crippen molar-refractivity contribution < 1.29 is 9.53 Å². The third-order valence-electron chi connectivity index (χ3n) is 5.81. The summed E-state index contributed by atoms with van der Waals surface area (Å²) in [5.41, 5.74) is 1.72. The number of benzene rings is 1. The van der Waals surface area contributed by atoms with Gasteiger partial charge in [0.05, 0.1) is 0 Å². The van der Waals surface area contributed by atoms with Crippen molar-refractivity contribution >= 4 is 22.9 Å². The monoisotopic (exact) mass is 433 g/mol. The second-order valence-corrected chi connectivity index (χ2v) is 8.28. The molecule has 2 heterocycles. The number of carbonyl (C=O) groups is 1. The lowest BCUT2D eigenvalue weighted by Crippen LogP contribution is -2.39. The molecule has 3 aromatic rings. The maximum Gasteiger partial charge on any atom is 0.414 e. The van der Waals surface area contributed by atoms with Crippen LogP contribution in [0.4, 0.5) is 10.5 Å². The predicted octanol–water partition coefficient (Wildman–Crippen LogP) is 2.49. The summed E-state index contributed by atoms with van der Waals surface area (Å²) in [6, 6.07) is 7.57. The molecule has 0 aliphatic heterocycles. The van der Waals surface area contributed by atoms with E-state index in [4.69, 9.17) is 4.74 Å². The third kappa shape index (κ3) is 3.58. The average Bonchev–Trinajstić information content (AvgIpc) is 3.70. The van der Waals surface area contributed by atoms with Gasteiger partial charge in [-0.15, -0.1) is 0 Å². The Morgan fingerprint density at radius 1 is 1.19 bits per heavy atom. The number of aromatic nitrogens is 4. The number of rotatable bonds is 4. The van der Waals surface area contributed by atoms with Crippen LogP contribution in [-0.2, 0) is 4.74 Å². The molecule has 1 N–H and O–H groups in total. The van der Waals surface area contributed by atoms with Gasteiger partial charge < -0.3 is 9.72 Å². The molecule has 0 atom stereocenters. The lowest BCUT2D eigenvalue weighted by atomic mass is 10.2. The van der Waals surface area contributed by atoms with Crippen LogP contribution in [0.3, 0.4) is 0 Å². The number of hydrogen-bond donors (Lipinski definition) is 1. The highest BCUT2D eigenvalue weighted by atomic mass is 16.6. The Kier molecular flexibility index (Phi) is 4.85. The number of amides is 1. The molecule has 5 rings (SSSR count). The van der Waals surface area contributed by atoms with E-state index in [0.717, 1.165) is 36.9 Å². The topological polar surface area (TPSA) is 102 Å². The van der Waals surface area contributed by atoms with Crippen LogP contribution in [-0.4, -0.2) is 38.8 Å². The number of nitrogens with zero attached hydrogens (tertiary/aromatic N) is 4. The number of H-pyrrole nitrogens is 1. The molecule has 2 aromatic heterocycles. The molecule has 32 heavy (non-hydrogen) atoms. The molecule has 0 unspecified atom stereocenters. The Morgan fingerprint density at radius 3 is 2.56 bits per heavy atom. The maximum atomic E-state index is 12.9. The Labute approximate surface area is 183 Å². The van der Waals surface area contributed by atoms with Crippen LogP contribution in [0.5, 0.6) is 0 Å². The molecule has 0 bridgehead atoms. The Balaban J connectivity index is 1.36. The van der Waals surface area contributed by atoms with Crippen molar-refractivity contribution in [3.8, 4) is 11.8 Å². The molecule has 0 saturated heterocycles. The van der Waals surface area contributed by atoms with Crippen molar-refractivity contribution in [3.05, 3.63) is 56.5 Å². The summed E-state index contributed by atoms with van der Waals surface area (Å²) in [6.45, 7) is 1.78. The normalized spacial score (nSPS) is 15.3. The van der Waals surface area contributed by atoms with Crippen LogP contribution in [0.15, 0.2) is 33.9 Å². The van der Waals surface area contributed by atoms with Gasteiger partial charge in [-0.2, -0.15) is 0 Å². The van der Waals surface area contributed by atoms with E-state index >= 15 is 0 Å². The van der Waals surface area contributed by atoms with Gasteiger partial charge in [0.1, 0.15) is 0 Å². The van der Waals surface area contributed by atoms with Gasteiger partial charge in [-0.1, -0.05) is 24.1 Å². The van der Waals surface area contributed by atoms with Gasteiger partial charge in [0, 0.05) is 24.8 Å². The summed E-state index contributed by atoms with van der Waals surface area (Å²) >= 11 is 0. The minimum atomic E-state index is -0.520. The van der Waals surface area contributed by atoms with Gasteiger partial charge >= 0.3 is 11.8 Å². The highest BCUT2D eigenvalue weighted by Crippen LogP contribution is 2.36. The number of nitrogens with one attached hydrogen (secondary N) is 1. The number of anilines is 1. The number of aromatic amines is 1. The summed E-state index contributed by atoms with van der Waals surface area (Å²) < 4.78 is 8.20. The van der Waals surface area contributed by atoms with E-state index in [1.165, 1.54) is 9.47 Å². The van der Waals surface area contributed by atoms with Gasteiger partial charge in [-0.3, -0.25) is 18.8 Å². The minimum absolute atomic E-state index is 0.0214. The second kappa shape index (κ2) is 7.71. The Hall–Kier alpha value is -3.80. The third-order valence-corrected chi connectivity index (χ3v) is 5.81. The highest BCUT2D eigenvalue weighted by molar-refractivity contribution is 5.88. The molecule has 2 aliphatic carbocycles. The molecular weight excluding hydrogens is 410 g/mol. The Morgan fingerprint density at radius 2 is 1.88 bits per heavy atom. The van der Waals surface area contributed by atoms with E-state index in [1.807, 2.05) is 31.2 Å². The summed E-state index contributed by atoms with van der Waals surface area (Å²) in [4.78, 5) is 46.8. The zero-order chi connectivity index (χ0) is 22.4. The van der Waals surface area contributed by atoms with Gasteiger partial charge in [0.25, 0.3) is 5.56 Å². The van der Waals surface area contributed by atoms with E-state index in [1.54, 1.807) is 11.6 Å². The van der Waals surface area contributed by atoms with E-state index < -0.39 is 6.09 Å². The molecule has 0 spiro atoms. The largest absolute Gasteiger partial charge is 0.436 e. The first kappa shape index (κ1) is 20.1. The second-order valence-electron chi connectivity index (χ2n) is 8.28. The van der Waals surface area contributed by atoms with Crippen molar-refractivity contribution in [3.63, 3.8) is 0 Å². The summed E-state index contributed by atoms with van der Waals surface area (Å²) in [7, 11) is 1.64. The number of ether oxygens (including phenoxy) is 1. The van der Waals surface area contributed by atoms with Crippen LogP contribution in [0, 0.1) is 18.8 Å². The molecule has 1 amide bonds. The lowest BCUT2D eigenvalue weighted by molar-refractivity contribution is 0.169. The first-order chi connectivity index (χ1) is 15.5. The molecular formula is C23H23N5O4. The molecule has 0 radical (unpaired) electrons. The minimum Gasteiger partial charge on any atom is -0.436 e. The number of imidazole rings is 1. The predicted molar refractivity (Wildman–Crippen MR) is 119 cm³/mol. The number of hydrogen-bond acceptors (Lipinski definition) is 5. The first-order valence-electron chi connectivity index (χ1n) is 10.7. The van der Waals surface area contributed by atoms with Gasteiger partial charge in [0.2, 0.25) is 0 Å². The smallest absolute Gasteiger partial charge is 0.414 e. The van der Waals surface area contributed by atoms with Crippen molar-refractivity contribution in [2.75, 3.05) is 18.6 Å². The molecule has 2 aliphatic rings. The first-order valence-corrected chi connectivity index (χ1v) is 10.7. The zero-order valence-electron chi connectivity index (χ0n) is 17.9. The van der Waals surface area contributed by atoms with Gasteiger partial charge in [-0.05, 0) is 50.2 Å². The van der Waals surface area contributed by atoms with E-state index in [9.17, 15) is 14.4 Å². The zero-order valence-corrected chi connectivity index (χ0v) is 17.9. The maximum absolute atomic E-state index is 12.9. The van der Waals surface area contributed by atoms with Gasteiger partial charge in [0.15, 0.2) is 23.6 Å². The molecule has 1 aromatic carbocycles. The molecule has 2 saturated carbocycles. The standard InChI is InChI=1S/C23H23N5O4/c1-14-6-3-4-7-17(14)26(2)23(31)32-13-5-8-18-24-19-20(25-18)27(15-9-10-15)22(30)28(21(19)29)16-11-12-16/h3-4,6-7,15-16H,9-13H2,1-2H3,(H,24,25). The fourth-order valence-electron chi connectivity index (χ4n) is 3.83. The molecule has 164 valence electrons. The SMILES string of the molecule is Cc1ccccc1N(C)C(=O)OCC#Cc1nc2c([nH]1)c(=O)n(C1CC1)c(=O)n2C1CC1. The fraction of sp³-hybridized carbons (Fsp3) is 0.391. The van der Waals surface area contributed by atoms with E-state index in [2.05, 4.69) is 21.8 Å². The van der Waals surface area contributed by atoms with Crippen LogP contribution < -0.4 is 16.1 Å². The summed E-state index contributed by atoms with van der Waals surface area (Å²) in [5, 5.41) is 0. The number of fused-ring (bicyclic) bond motifs is 1. The van der Waals surface area contributed by atoms with Crippen LogP contribution >= 0.6 is 0 Å². The Bertz CT molecular complexity index is 1400.